The molecule has 2 fully saturated rings. The summed E-state index contributed by atoms with van der Waals surface area (Å²) < 4.78 is -0.195. The van der Waals surface area contributed by atoms with Crippen LogP contribution in [0.5, 0.6) is 0 Å². The number of thiocarbonyl (C=S) groups is 2. The molecule has 214 valence electrons. The van der Waals surface area contributed by atoms with E-state index >= 15 is 0 Å². The summed E-state index contributed by atoms with van der Waals surface area (Å²) in [5.74, 6) is -0.556. The molecule has 2 heterocycles. The van der Waals surface area contributed by atoms with Gasteiger partial charge in [-0.25, -0.2) is 0 Å². The molecule has 0 saturated carbocycles. The van der Waals surface area contributed by atoms with Crippen LogP contribution in [0.15, 0.2) is 0 Å². The monoisotopic (exact) mass is 684 g/mol. The molecule has 0 aromatic rings. The van der Waals surface area contributed by atoms with E-state index in [0.717, 1.165) is 43.3 Å². The number of carbonyl (C=O) groups excluding carboxylic acids is 1. The molecule has 5 nitrogen and oxygen atoms in total. The van der Waals surface area contributed by atoms with Gasteiger partial charge in [0.05, 0.1) is 0 Å². The van der Waals surface area contributed by atoms with Crippen molar-refractivity contribution in [3.63, 3.8) is 0 Å². The van der Waals surface area contributed by atoms with Crippen molar-refractivity contribution in [1.82, 2.24) is 9.80 Å². The summed E-state index contributed by atoms with van der Waals surface area (Å²) in [6.07, 6.45) is 10.7. The number of alkyl halides is 3. The number of Topliss-reactive ketones (excluding diaryl/α,β-unsaturated/α-hetero) is 1. The SMILES string of the molecule is CC(C)(SC(=S)N1CCCCCC1)C(=O)O.CCC(C)=O.Cl.ClC(Cl)Cl.S=C([S-])N1CCCCCC1.[Na+]. The number of ketones is 1. The summed E-state index contributed by atoms with van der Waals surface area (Å²) in [5, 5.41) is 9.05. The Bertz CT molecular complexity index is 632. The fraction of sp³-hybridized carbons (Fsp3) is 0.826. The zero-order valence-corrected chi connectivity index (χ0v) is 31.0. The Morgan fingerprint density at radius 3 is 1.46 bits per heavy atom. The van der Waals surface area contributed by atoms with Gasteiger partial charge in [0.25, 0.3) is 0 Å². The zero-order chi connectivity index (χ0) is 27.4. The molecule has 0 aromatic heterocycles. The quantitative estimate of drug-likeness (QED) is 0.195. The van der Waals surface area contributed by atoms with E-state index < -0.39 is 15.0 Å². The van der Waals surface area contributed by atoms with Gasteiger partial charge in [-0.1, -0.05) is 95.7 Å². The van der Waals surface area contributed by atoms with Crippen LogP contribution in [-0.4, -0.2) is 70.5 Å². The van der Waals surface area contributed by atoms with Crippen LogP contribution < -0.4 is 29.6 Å². The molecule has 14 heteroatoms. The first kappa shape index (κ1) is 45.6. The largest absolute Gasteiger partial charge is 1.00 e. The number of carbonyl (C=O) groups is 2. The van der Waals surface area contributed by atoms with Gasteiger partial charge >= 0.3 is 35.5 Å². The Hall–Kier alpha value is 1.65. The summed E-state index contributed by atoms with van der Waals surface area (Å²) in [6, 6.07) is 0. The van der Waals surface area contributed by atoms with Crippen molar-refractivity contribution in [2.75, 3.05) is 26.2 Å². The Morgan fingerprint density at radius 2 is 1.22 bits per heavy atom. The molecule has 0 radical (unpaired) electrons. The van der Waals surface area contributed by atoms with Crippen molar-refractivity contribution in [1.29, 1.82) is 0 Å². The molecule has 37 heavy (non-hydrogen) atoms. The summed E-state index contributed by atoms with van der Waals surface area (Å²) in [5.41, 5.74) is 0. The number of halogens is 4. The summed E-state index contributed by atoms with van der Waals surface area (Å²) >= 11 is 30.9. The number of thioether (sulfide) groups is 1. The molecular weight excluding hydrogens is 645 g/mol. The van der Waals surface area contributed by atoms with Gasteiger partial charge in [-0.3, -0.25) is 4.79 Å². The zero-order valence-electron chi connectivity index (χ0n) is 22.6. The molecule has 0 amide bonds. The minimum Gasteiger partial charge on any atom is -0.480 e. The van der Waals surface area contributed by atoms with Crippen molar-refractivity contribution in [3.8, 4) is 0 Å². The maximum absolute atomic E-state index is 11.0. The van der Waals surface area contributed by atoms with Gasteiger partial charge in [-0.2, -0.15) is 0 Å². The third-order valence-corrected chi connectivity index (χ3v) is 7.23. The molecule has 2 saturated heterocycles. The van der Waals surface area contributed by atoms with Crippen LogP contribution in [0, 0.1) is 0 Å². The van der Waals surface area contributed by atoms with E-state index in [4.69, 9.17) is 77.0 Å². The van der Waals surface area contributed by atoms with E-state index in [1.165, 1.54) is 50.3 Å². The second kappa shape index (κ2) is 27.8. The Morgan fingerprint density at radius 1 is 0.919 bits per heavy atom. The van der Waals surface area contributed by atoms with E-state index in [1.807, 2.05) is 6.92 Å². The molecule has 0 bridgehead atoms. The smallest absolute Gasteiger partial charge is 0.480 e. The number of nitrogens with zero attached hydrogens (tertiary/aromatic N) is 2. The second-order valence-corrected chi connectivity index (χ2v) is 13.8. The third-order valence-electron chi connectivity index (χ3n) is 5.08. The van der Waals surface area contributed by atoms with E-state index in [2.05, 4.69) is 9.80 Å². The summed E-state index contributed by atoms with van der Waals surface area (Å²) in [4.78, 5) is 25.1. The Kier molecular flexibility index (Phi) is 34.3. The molecule has 2 aliphatic heterocycles. The predicted octanol–water partition coefficient (Wildman–Crippen LogP) is 4.84. The van der Waals surface area contributed by atoms with Gasteiger partial charge in [0.15, 0.2) is 4.30 Å². The van der Waals surface area contributed by atoms with Crippen molar-refractivity contribution in [3.05, 3.63) is 0 Å². The van der Waals surface area contributed by atoms with E-state index in [-0.39, 0.29) is 47.7 Å². The van der Waals surface area contributed by atoms with Crippen molar-refractivity contribution < 1.29 is 44.3 Å². The maximum Gasteiger partial charge on any atom is 1.00 e. The van der Waals surface area contributed by atoms with Crippen molar-refractivity contribution in [2.45, 2.75) is 94.5 Å². The minimum atomic E-state index is -0.830. The first-order valence-electron chi connectivity index (χ1n) is 11.8. The number of rotatable bonds is 3. The van der Waals surface area contributed by atoms with Gasteiger partial charge in [-0.05, 0) is 46.5 Å². The first-order chi connectivity index (χ1) is 16.2. The molecule has 0 aliphatic carbocycles. The topological polar surface area (TPSA) is 60.9 Å². The van der Waals surface area contributed by atoms with Crippen LogP contribution in [-0.2, 0) is 22.2 Å². The molecule has 2 aliphatic rings. The standard InChI is InChI=1S/C11H19NO2S2.C7H13NS2.C4H8O.CHCl3.ClH.Na/c1-11(2,9(13)14)16-10(15)12-7-5-3-4-6-8-12;9-7(10)8-5-3-1-2-4-6-8;1-3-4(2)5;2-1(3)4;;/h3-8H2,1-2H3,(H,13,14);1-6H2,(H,9,10);3H2,1-2H3;1H;1H;/q;;;;;+1/p-1. The van der Waals surface area contributed by atoms with Crippen LogP contribution in [0.4, 0.5) is 0 Å². The summed E-state index contributed by atoms with van der Waals surface area (Å²) in [6.45, 7) is 10.9. The number of hydrogen-bond acceptors (Lipinski definition) is 6. The first-order valence-corrected chi connectivity index (χ1v) is 15.2. The molecule has 0 unspecified atom stereocenters. The van der Waals surface area contributed by atoms with E-state index in [1.54, 1.807) is 20.8 Å². The fourth-order valence-corrected chi connectivity index (χ4v) is 4.84. The molecule has 0 atom stereocenters. The summed E-state index contributed by atoms with van der Waals surface area (Å²) in [7, 11) is 0. The molecular formula is C23H41Cl4N2NaO3S4. The second-order valence-electron chi connectivity index (χ2n) is 8.55. The number of likely N-dealkylation sites (tertiary alicyclic amines) is 2. The van der Waals surface area contributed by atoms with Gasteiger partial charge in [0.2, 0.25) is 0 Å². The average Bonchev–Trinajstić information content (AvgIpc) is 3.19. The Balaban J connectivity index is -0.000000222. The predicted molar refractivity (Wildman–Crippen MR) is 172 cm³/mol. The normalized spacial score (nSPS) is 15.2. The van der Waals surface area contributed by atoms with Crippen molar-refractivity contribution in [2.24, 2.45) is 0 Å². The Labute approximate surface area is 288 Å². The third kappa shape index (κ3) is 29.0. The van der Waals surface area contributed by atoms with E-state index in [9.17, 15) is 9.59 Å². The van der Waals surface area contributed by atoms with Gasteiger partial charge in [0, 0.05) is 32.6 Å². The number of carboxylic acid groups (broad SMARTS) is 1. The number of hydrogen-bond donors (Lipinski definition) is 1. The van der Waals surface area contributed by atoms with Crippen LogP contribution in [0.2, 0.25) is 0 Å². The average molecular weight is 687 g/mol. The molecule has 2 rings (SSSR count). The molecule has 1 N–H and O–H groups in total. The molecule has 0 spiro atoms. The van der Waals surface area contributed by atoms with Crippen LogP contribution in [0.1, 0.15) is 85.5 Å². The molecule has 0 aromatic carbocycles. The van der Waals surface area contributed by atoms with E-state index in [0.29, 0.717) is 10.7 Å². The van der Waals surface area contributed by atoms with Crippen LogP contribution in [0.25, 0.3) is 0 Å². The van der Waals surface area contributed by atoms with Crippen LogP contribution in [0.3, 0.4) is 0 Å². The maximum atomic E-state index is 11.0. The number of aliphatic carboxylic acids is 1. The van der Waals surface area contributed by atoms with Crippen LogP contribution >= 0.6 is 83.4 Å². The van der Waals surface area contributed by atoms with Gasteiger partial charge in [-0.15, -0.1) is 12.4 Å². The number of carboxylic acids is 1. The van der Waals surface area contributed by atoms with Gasteiger partial charge in [0.1, 0.15) is 14.9 Å². The minimum absolute atomic E-state index is 0. The van der Waals surface area contributed by atoms with Crippen molar-refractivity contribution >= 4 is 116 Å². The fourth-order valence-electron chi connectivity index (χ4n) is 2.83. The van der Waals surface area contributed by atoms with Gasteiger partial charge < -0.3 is 44.5 Å².